The van der Waals surface area contributed by atoms with Crippen LogP contribution in [0.25, 0.3) is 0 Å². The van der Waals surface area contributed by atoms with Gasteiger partial charge in [0.05, 0.1) is 5.56 Å². The Labute approximate surface area is 175 Å². The summed E-state index contributed by atoms with van der Waals surface area (Å²) >= 11 is 0. The molecule has 0 aliphatic rings. The minimum atomic E-state index is -0.315. The fraction of sp³-hybridized carbons (Fsp3) is 0.250. The molecule has 0 radical (unpaired) electrons. The van der Waals surface area contributed by atoms with Gasteiger partial charge in [-0.1, -0.05) is 42.5 Å². The number of carbonyl (C=O) groups excluding carboxylic acids is 2. The van der Waals surface area contributed by atoms with E-state index in [0.717, 1.165) is 11.1 Å². The molecule has 0 unspecified atom stereocenters. The van der Waals surface area contributed by atoms with Gasteiger partial charge in [-0.3, -0.25) is 9.59 Å². The van der Waals surface area contributed by atoms with Crippen molar-refractivity contribution in [3.63, 3.8) is 0 Å². The summed E-state index contributed by atoms with van der Waals surface area (Å²) in [6.45, 7) is 4.54. The molecule has 0 spiro atoms. The van der Waals surface area contributed by atoms with Crippen molar-refractivity contribution in [3.8, 4) is 0 Å². The van der Waals surface area contributed by atoms with Crippen LogP contribution in [0.4, 0.5) is 4.39 Å². The highest BCUT2D eigenvalue weighted by molar-refractivity contribution is 5.95. The number of furan rings is 1. The third-order valence-corrected chi connectivity index (χ3v) is 4.79. The van der Waals surface area contributed by atoms with Gasteiger partial charge in [-0.2, -0.15) is 0 Å². The van der Waals surface area contributed by atoms with Crippen LogP contribution in [0.15, 0.2) is 65.1 Å². The van der Waals surface area contributed by atoms with Gasteiger partial charge in [0.25, 0.3) is 5.91 Å². The summed E-state index contributed by atoms with van der Waals surface area (Å²) in [4.78, 5) is 27.1. The van der Waals surface area contributed by atoms with E-state index in [4.69, 9.17) is 4.42 Å². The van der Waals surface area contributed by atoms with Crippen molar-refractivity contribution in [1.82, 2.24) is 10.2 Å². The maximum atomic E-state index is 13.1. The molecular weight excluding hydrogens is 383 g/mol. The van der Waals surface area contributed by atoms with E-state index in [2.05, 4.69) is 5.32 Å². The predicted molar refractivity (Wildman–Crippen MR) is 112 cm³/mol. The Balaban J connectivity index is 1.64. The number of rotatable bonds is 8. The molecule has 30 heavy (non-hydrogen) atoms. The van der Waals surface area contributed by atoms with E-state index in [-0.39, 0.29) is 30.6 Å². The quantitative estimate of drug-likeness (QED) is 0.602. The number of benzene rings is 2. The van der Waals surface area contributed by atoms with Crippen LogP contribution in [0.3, 0.4) is 0 Å². The van der Waals surface area contributed by atoms with Crippen molar-refractivity contribution in [2.24, 2.45) is 0 Å². The van der Waals surface area contributed by atoms with Crippen LogP contribution in [0.1, 0.15) is 39.4 Å². The summed E-state index contributed by atoms with van der Waals surface area (Å²) in [6, 6.07) is 17.3. The molecule has 156 valence electrons. The maximum absolute atomic E-state index is 13.1. The molecule has 0 saturated carbocycles. The van der Waals surface area contributed by atoms with Gasteiger partial charge in [-0.15, -0.1) is 0 Å². The number of hydrogen-bond donors (Lipinski definition) is 1. The Morgan fingerprint density at radius 1 is 1.00 bits per heavy atom. The van der Waals surface area contributed by atoms with Crippen LogP contribution < -0.4 is 5.32 Å². The van der Waals surface area contributed by atoms with Crippen molar-refractivity contribution in [2.75, 3.05) is 6.54 Å². The molecule has 6 heteroatoms. The Kier molecular flexibility index (Phi) is 7.01. The number of amides is 2. The zero-order valence-electron chi connectivity index (χ0n) is 17.2. The Morgan fingerprint density at radius 3 is 2.33 bits per heavy atom. The van der Waals surface area contributed by atoms with Gasteiger partial charge in [0, 0.05) is 26.1 Å². The minimum Gasteiger partial charge on any atom is -0.466 e. The smallest absolute Gasteiger partial charge is 0.257 e. The van der Waals surface area contributed by atoms with Crippen LogP contribution in [0, 0.1) is 19.7 Å². The molecule has 3 aromatic rings. The first-order valence-electron chi connectivity index (χ1n) is 9.84. The van der Waals surface area contributed by atoms with Gasteiger partial charge in [-0.05, 0) is 43.2 Å². The molecule has 1 N–H and O–H groups in total. The first-order valence-corrected chi connectivity index (χ1v) is 9.84. The number of carbonyl (C=O) groups is 2. The maximum Gasteiger partial charge on any atom is 0.257 e. The molecule has 2 aromatic carbocycles. The van der Waals surface area contributed by atoms with Crippen molar-refractivity contribution in [1.29, 1.82) is 0 Å². The van der Waals surface area contributed by atoms with Crippen LogP contribution >= 0.6 is 0 Å². The second-order valence-corrected chi connectivity index (χ2v) is 7.19. The summed E-state index contributed by atoms with van der Waals surface area (Å²) in [7, 11) is 0. The van der Waals surface area contributed by atoms with E-state index in [1.54, 1.807) is 36.9 Å². The lowest BCUT2D eigenvalue weighted by molar-refractivity contribution is -0.121. The molecule has 0 saturated heterocycles. The Hall–Kier alpha value is -3.41. The van der Waals surface area contributed by atoms with E-state index >= 15 is 0 Å². The van der Waals surface area contributed by atoms with Crippen molar-refractivity contribution < 1.29 is 18.4 Å². The number of aryl methyl sites for hydroxylation is 2. The Bertz CT molecular complexity index is 997. The summed E-state index contributed by atoms with van der Waals surface area (Å²) in [5, 5.41) is 2.81. The number of hydrogen-bond acceptors (Lipinski definition) is 3. The van der Waals surface area contributed by atoms with Gasteiger partial charge in [0.2, 0.25) is 5.91 Å². The molecule has 1 aromatic heterocycles. The van der Waals surface area contributed by atoms with E-state index in [0.29, 0.717) is 30.2 Å². The molecule has 2 amide bonds. The zero-order chi connectivity index (χ0) is 21.5. The number of halogens is 1. The minimum absolute atomic E-state index is 0.162. The monoisotopic (exact) mass is 408 g/mol. The van der Waals surface area contributed by atoms with Crippen molar-refractivity contribution >= 4 is 11.8 Å². The zero-order valence-corrected chi connectivity index (χ0v) is 17.2. The van der Waals surface area contributed by atoms with Crippen molar-refractivity contribution in [3.05, 3.63) is 94.7 Å². The van der Waals surface area contributed by atoms with E-state index in [9.17, 15) is 14.0 Å². The van der Waals surface area contributed by atoms with Crippen LogP contribution in [-0.4, -0.2) is 23.3 Å². The average molecular weight is 408 g/mol. The molecule has 0 aliphatic heterocycles. The summed E-state index contributed by atoms with van der Waals surface area (Å²) in [5.74, 6) is 0.582. The fourth-order valence-electron chi connectivity index (χ4n) is 3.20. The van der Waals surface area contributed by atoms with Gasteiger partial charge < -0.3 is 14.6 Å². The Morgan fingerprint density at radius 2 is 1.70 bits per heavy atom. The highest BCUT2D eigenvalue weighted by atomic mass is 19.1. The highest BCUT2D eigenvalue weighted by Crippen LogP contribution is 2.18. The van der Waals surface area contributed by atoms with E-state index in [1.807, 2.05) is 30.3 Å². The van der Waals surface area contributed by atoms with Crippen LogP contribution in [-0.2, 0) is 17.9 Å². The van der Waals surface area contributed by atoms with Gasteiger partial charge >= 0.3 is 0 Å². The normalized spacial score (nSPS) is 10.6. The fourth-order valence-corrected chi connectivity index (χ4v) is 3.20. The second kappa shape index (κ2) is 9.87. The molecule has 0 fully saturated rings. The number of nitrogens with one attached hydrogen (secondary N) is 1. The third-order valence-electron chi connectivity index (χ3n) is 4.79. The molecule has 0 atom stereocenters. The lowest BCUT2D eigenvalue weighted by Crippen LogP contribution is -2.35. The first kappa shape index (κ1) is 21.3. The van der Waals surface area contributed by atoms with Crippen LogP contribution in [0.2, 0.25) is 0 Å². The molecule has 0 aliphatic carbocycles. The largest absolute Gasteiger partial charge is 0.466 e. The lowest BCUT2D eigenvalue weighted by atomic mass is 10.1. The topological polar surface area (TPSA) is 62.6 Å². The van der Waals surface area contributed by atoms with E-state index in [1.165, 1.54) is 12.1 Å². The van der Waals surface area contributed by atoms with Gasteiger partial charge in [0.15, 0.2) is 0 Å². The second-order valence-electron chi connectivity index (χ2n) is 7.19. The number of nitrogens with zero attached hydrogens (tertiary/aromatic N) is 1. The SMILES string of the molecule is Cc1cc(C(=O)N(CCC(=O)NCc2ccc(F)cc2)Cc2ccccc2)c(C)o1. The average Bonchev–Trinajstić information content (AvgIpc) is 3.08. The standard InChI is InChI=1S/C24H25FN2O3/c1-17-14-22(18(2)30-17)24(29)27(16-20-6-4-3-5-7-20)13-12-23(28)26-15-19-8-10-21(25)11-9-19/h3-11,14H,12-13,15-16H2,1-2H3,(H,26,28). The van der Waals surface area contributed by atoms with Crippen LogP contribution in [0.5, 0.6) is 0 Å². The summed E-state index contributed by atoms with van der Waals surface area (Å²) < 4.78 is 18.5. The molecule has 5 nitrogen and oxygen atoms in total. The third kappa shape index (κ3) is 5.80. The predicted octanol–water partition coefficient (Wildman–Crippen LogP) is 4.38. The van der Waals surface area contributed by atoms with Crippen molar-refractivity contribution in [2.45, 2.75) is 33.4 Å². The highest BCUT2D eigenvalue weighted by Gasteiger charge is 2.21. The molecule has 3 rings (SSSR count). The summed E-state index contributed by atoms with van der Waals surface area (Å²) in [5.41, 5.74) is 2.30. The molecule has 0 bridgehead atoms. The lowest BCUT2D eigenvalue weighted by Gasteiger charge is -2.22. The first-order chi connectivity index (χ1) is 14.4. The molecule has 1 heterocycles. The van der Waals surface area contributed by atoms with Gasteiger partial charge in [-0.25, -0.2) is 4.39 Å². The van der Waals surface area contributed by atoms with Gasteiger partial charge in [0.1, 0.15) is 17.3 Å². The van der Waals surface area contributed by atoms with E-state index < -0.39 is 0 Å². The molecular formula is C24H25FN2O3. The summed E-state index contributed by atoms with van der Waals surface area (Å²) in [6.07, 6.45) is 0.162.